The Hall–Kier alpha value is -2.64. The van der Waals surface area contributed by atoms with Gasteiger partial charge in [0.2, 0.25) is 0 Å². The van der Waals surface area contributed by atoms with Crippen LogP contribution in [-0.4, -0.2) is 36.1 Å². The molecule has 0 radical (unpaired) electrons. The van der Waals surface area contributed by atoms with Crippen LogP contribution in [0.4, 0.5) is 18.9 Å². The number of halogens is 3. The van der Waals surface area contributed by atoms with Gasteiger partial charge in [-0.05, 0) is 24.3 Å². The quantitative estimate of drug-likeness (QED) is 0.792. The molecule has 1 saturated heterocycles. The number of carbonyl (C=O) groups is 1. The van der Waals surface area contributed by atoms with Gasteiger partial charge in [-0.1, -0.05) is 0 Å². The van der Waals surface area contributed by atoms with Crippen LogP contribution in [0.25, 0.3) is 11.3 Å². The molecule has 0 aromatic carbocycles. The second-order valence-electron chi connectivity index (χ2n) is 5.88. The smallest absolute Gasteiger partial charge is 0.433 e. The van der Waals surface area contributed by atoms with Crippen molar-refractivity contribution in [1.29, 1.82) is 0 Å². The molecule has 3 rings (SSSR count). The van der Waals surface area contributed by atoms with E-state index in [1.54, 1.807) is 12.3 Å². The molecule has 0 spiro atoms. The molecule has 0 aliphatic carbocycles. The van der Waals surface area contributed by atoms with Gasteiger partial charge in [0.1, 0.15) is 5.69 Å². The fraction of sp³-hybridized carbons (Fsp3) is 0.353. The largest absolute Gasteiger partial charge is 0.469 e. The maximum Gasteiger partial charge on any atom is 0.433 e. The van der Waals surface area contributed by atoms with Gasteiger partial charge in [-0.2, -0.15) is 13.2 Å². The third kappa shape index (κ3) is 3.89. The van der Waals surface area contributed by atoms with Gasteiger partial charge in [0.25, 0.3) is 0 Å². The number of aromatic nitrogens is 2. The van der Waals surface area contributed by atoms with Crippen molar-refractivity contribution in [2.45, 2.75) is 12.6 Å². The highest BCUT2D eigenvalue weighted by molar-refractivity contribution is 5.70. The van der Waals surface area contributed by atoms with E-state index in [9.17, 15) is 18.0 Å². The predicted molar refractivity (Wildman–Crippen MR) is 84.8 cm³/mol. The molecule has 0 bridgehead atoms. The molecule has 2 aromatic heterocycles. The van der Waals surface area contributed by atoms with Crippen molar-refractivity contribution >= 4 is 11.7 Å². The second kappa shape index (κ2) is 6.70. The van der Waals surface area contributed by atoms with E-state index in [1.807, 2.05) is 6.07 Å². The van der Waals surface area contributed by atoms with Crippen LogP contribution in [-0.2, 0) is 15.7 Å². The first kappa shape index (κ1) is 17.2. The zero-order chi connectivity index (χ0) is 18.0. The number of ether oxygens (including phenoxy) is 1. The van der Waals surface area contributed by atoms with Crippen LogP contribution in [0, 0.1) is 5.92 Å². The van der Waals surface area contributed by atoms with Crippen LogP contribution >= 0.6 is 0 Å². The number of anilines is 1. The fourth-order valence-corrected chi connectivity index (χ4v) is 2.72. The van der Waals surface area contributed by atoms with Crippen molar-refractivity contribution in [3.63, 3.8) is 0 Å². The standard InChI is InChI=1S/C17H16F3N3O2/c1-25-16(24)6-11-9-23(10-11)13-2-3-14(22-8-13)12-4-5-21-15(7-12)17(18,19)20/h2-5,7-8,11H,6,9-10H2,1H3. The molecular formula is C17H16F3N3O2. The van der Waals surface area contributed by atoms with Crippen molar-refractivity contribution < 1.29 is 22.7 Å². The monoisotopic (exact) mass is 351 g/mol. The number of carbonyl (C=O) groups excluding carboxylic acids is 1. The molecule has 5 nitrogen and oxygen atoms in total. The van der Waals surface area contributed by atoms with Crippen molar-refractivity contribution in [2.24, 2.45) is 5.92 Å². The maximum absolute atomic E-state index is 12.7. The molecule has 25 heavy (non-hydrogen) atoms. The van der Waals surface area contributed by atoms with E-state index in [-0.39, 0.29) is 11.9 Å². The van der Waals surface area contributed by atoms with E-state index in [2.05, 4.69) is 19.6 Å². The molecule has 0 atom stereocenters. The van der Waals surface area contributed by atoms with Gasteiger partial charge in [0.05, 0.1) is 31.1 Å². The SMILES string of the molecule is COC(=O)CC1CN(c2ccc(-c3ccnc(C(F)(F)F)c3)nc2)C1. The summed E-state index contributed by atoms with van der Waals surface area (Å²) in [4.78, 5) is 20.9. The predicted octanol–water partition coefficient (Wildman–Crippen LogP) is 3.16. The lowest BCUT2D eigenvalue weighted by Crippen LogP contribution is -2.47. The summed E-state index contributed by atoms with van der Waals surface area (Å²) in [5, 5.41) is 0. The van der Waals surface area contributed by atoms with Crippen LogP contribution in [0.1, 0.15) is 12.1 Å². The summed E-state index contributed by atoms with van der Waals surface area (Å²) < 4.78 is 42.9. The first-order valence-electron chi connectivity index (χ1n) is 7.68. The van der Waals surface area contributed by atoms with Gasteiger partial charge in [-0.25, -0.2) is 0 Å². The zero-order valence-corrected chi connectivity index (χ0v) is 13.5. The minimum absolute atomic E-state index is 0.226. The molecule has 1 fully saturated rings. The normalized spacial score (nSPS) is 15.0. The number of pyridine rings is 2. The summed E-state index contributed by atoms with van der Waals surface area (Å²) >= 11 is 0. The van der Waals surface area contributed by atoms with Gasteiger partial charge < -0.3 is 9.64 Å². The van der Waals surface area contributed by atoms with Crippen molar-refractivity contribution in [2.75, 3.05) is 25.1 Å². The Kier molecular flexibility index (Phi) is 4.61. The Balaban J connectivity index is 1.67. The van der Waals surface area contributed by atoms with Gasteiger partial charge in [0.15, 0.2) is 0 Å². The van der Waals surface area contributed by atoms with E-state index < -0.39 is 11.9 Å². The van der Waals surface area contributed by atoms with E-state index >= 15 is 0 Å². The maximum atomic E-state index is 12.7. The van der Waals surface area contributed by atoms with E-state index in [4.69, 9.17) is 0 Å². The van der Waals surface area contributed by atoms with E-state index in [1.165, 1.54) is 13.2 Å². The van der Waals surface area contributed by atoms with Gasteiger partial charge >= 0.3 is 12.1 Å². The van der Waals surface area contributed by atoms with E-state index in [0.29, 0.717) is 17.7 Å². The second-order valence-corrected chi connectivity index (χ2v) is 5.88. The summed E-state index contributed by atoms with van der Waals surface area (Å²) in [5.41, 5.74) is 0.739. The molecule has 132 valence electrons. The minimum atomic E-state index is -4.48. The van der Waals surface area contributed by atoms with Crippen LogP contribution in [0.2, 0.25) is 0 Å². The van der Waals surface area contributed by atoms with Gasteiger partial charge in [-0.15, -0.1) is 0 Å². The van der Waals surface area contributed by atoms with Crippen LogP contribution in [0.3, 0.4) is 0 Å². The van der Waals surface area contributed by atoms with Crippen molar-refractivity contribution in [3.05, 3.63) is 42.4 Å². The molecule has 0 N–H and O–H groups in total. The Morgan fingerprint density at radius 3 is 2.64 bits per heavy atom. The fourth-order valence-electron chi connectivity index (χ4n) is 2.72. The topological polar surface area (TPSA) is 55.3 Å². The average Bonchev–Trinajstić information content (AvgIpc) is 2.57. The first-order chi connectivity index (χ1) is 11.9. The molecule has 2 aromatic rings. The minimum Gasteiger partial charge on any atom is -0.469 e. The van der Waals surface area contributed by atoms with Crippen molar-refractivity contribution in [3.8, 4) is 11.3 Å². The summed E-state index contributed by atoms with van der Waals surface area (Å²) in [7, 11) is 1.37. The Bertz CT molecular complexity index is 756. The highest BCUT2D eigenvalue weighted by Gasteiger charge is 2.32. The third-order valence-corrected chi connectivity index (χ3v) is 4.10. The molecule has 1 aliphatic heterocycles. The Labute approximate surface area is 142 Å². The summed E-state index contributed by atoms with van der Waals surface area (Å²) in [5.74, 6) is 0.0259. The Morgan fingerprint density at radius 2 is 2.04 bits per heavy atom. The molecule has 0 saturated carbocycles. The third-order valence-electron chi connectivity index (χ3n) is 4.10. The van der Waals surface area contributed by atoms with Gasteiger partial charge in [0, 0.05) is 30.8 Å². The summed E-state index contributed by atoms with van der Waals surface area (Å²) in [6, 6.07) is 5.97. The molecule has 1 aliphatic rings. The number of esters is 1. The zero-order valence-electron chi connectivity index (χ0n) is 13.5. The van der Waals surface area contributed by atoms with Crippen LogP contribution in [0.5, 0.6) is 0 Å². The molecular weight excluding hydrogens is 335 g/mol. The first-order valence-corrected chi connectivity index (χ1v) is 7.68. The lowest BCUT2D eigenvalue weighted by molar-refractivity contribution is -0.142. The summed E-state index contributed by atoms with van der Waals surface area (Å²) in [6.45, 7) is 1.45. The highest BCUT2D eigenvalue weighted by Crippen LogP contribution is 2.31. The number of methoxy groups -OCH3 is 1. The summed E-state index contributed by atoms with van der Waals surface area (Å²) in [6.07, 6.45) is -1.35. The molecule has 0 amide bonds. The molecule has 0 unspecified atom stereocenters. The highest BCUT2D eigenvalue weighted by atomic mass is 19.4. The van der Waals surface area contributed by atoms with Gasteiger partial charge in [-0.3, -0.25) is 14.8 Å². The number of rotatable bonds is 4. The molecule has 8 heteroatoms. The number of nitrogens with zero attached hydrogens (tertiary/aromatic N) is 3. The lowest BCUT2D eigenvalue weighted by Gasteiger charge is -2.40. The average molecular weight is 351 g/mol. The number of hydrogen-bond donors (Lipinski definition) is 0. The Morgan fingerprint density at radius 1 is 1.28 bits per heavy atom. The van der Waals surface area contributed by atoms with Crippen LogP contribution < -0.4 is 4.90 Å². The number of hydrogen-bond acceptors (Lipinski definition) is 5. The number of alkyl halides is 3. The lowest BCUT2D eigenvalue weighted by atomic mass is 9.96. The van der Waals surface area contributed by atoms with Crippen molar-refractivity contribution in [1.82, 2.24) is 9.97 Å². The molecule has 3 heterocycles. The van der Waals surface area contributed by atoms with Crippen LogP contribution in [0.15, 0.2) is 36.7 Å². The van der Waals surface area contributed by atoms with E-state index in [0.717, 1.165) is 31.0 Å².